The lowest BCUT2D eigenvalue weighted by Gasteiger charge is -1.88. The van der Waals surface area contributed by atoms with Crippen LogP contribution in [0.4, 0.5) is 0 Å². The Balaban J connectivity index is 0.000000367. The van der Waals surface area contributed by atoms with Crippen molar-refractivity contribution in [2.45, 2.75) is 6.92 Å². The predicted molar refractivity (Wildman–Crippen MR) is 126 cm³/mol. The topological polar surface area (TPSA) is 46.2 Å². The molecule has 28 heavy (non-hydrogen) atoms. The first-order chi connectivity index (χ1) is 13.4. The van der Waals surface area contributed by atoms with E-state index in [9.17, 15) is 9.59 Å². The van der Waals surface area contributed by atoms with Crippen molar-refractivity contribution in [1.82, 2.24) is 5.32 Å². The Bertz CT molecular complexity index is 730. The van der Waals surface area contributed by atoms with Gasteiger partial charge in [0.05, 0.1) is 0 Å². The Morgan fingerprint density at radius 3 is 1.00 bits per heavy atom. The van der Waals surface area contributed by atoms with Gasteiger partial charge in [0.25, 0.3) is 0 Å². The molecule has 0 aliphatic rings. The maximum absolute atomic E-state index is 10.5. The van der Waals surface area contributed by atoms with Gasteiger partial charge in [0.2, 0.25) is 10.2 Å². The third-order valence-electron chi connectivity index (χ3n) is 2.98. The zero-order valence-electron chi connectivity index (χ0n) is 16.4. The third-order valence-corrected chi connectivity index (χ3v) is 3.50. The molecule has 0 fully saturated rings. The van der Waals surface area contributed by atoms with Crippen LogP contribution in [0.3, 0.4) is 0 Å². The van der Waals surface area contributed by atoms with Crippen LogP contribution in [0, 0.1) is 6.92 Å². The van der Waals surface area contributed by atoms with Crippen LogP contribution in [0.2, 0.25) is 0 Å². The molecule has 0 aromatic heterocycles. The highest BCUT2D eigenvalue weighted by molar-refractivity contribution is 7.97. The fourth-order valence-corrected chi connectivity index (χ4v) is 1.99. The van der Waals surface area contributed by atoms with Crippen LogP contribution >= 0.6 is 25.3 Å². The van der Waals surface area contributed by atoms with E-state index in [1.807, 2.05) is 68.7 Å². The summed E-state index contributed by atoms with van der Waals surface area (Å²) in [4.78, 5) is 21.0. The van der Waals surface area contributed by atoms with Gasteiger partial charge in [-0.15, -0.1) is 25.3 Å². The van der Waals surface area contributed by atoms with Crippen molar-refractivity contribution in [3.8, 4) is 0 Å². The molecule has 0 atom stereocenters. The molecule has 0 heterocycles. The van der Waals surface area contributed by atoms with Gasteiger partial charge < -0.3 is 5.32 Å². The fourth-order valence-electron chi connectivity index (χ4n) is 1.70. The molecule has 3 rings (SSSR count). The van der Waals surface area contributed by atoms with E-state index in [2.05, 4.69) is 49.6 Å². The lowest BCUT2D eigenvalue weighted by Crippen LogP contribution is -1.89. The number of rotatable bonds is 2. The molecule has 0 radical (unpaired) electrons. The third kappa shape index (κ3) is 13.8. The Labute approximate surface area is 179 Å². The second kappa shape index (κ2) is 16.8. The smallest absolute Gasteiger partial charge is 0.216 e. The number of hydrogen-bond acceptors (Lipinski definition) is 3. The molecule has 0 aliphatic heterocycles. The van der Waals surface area contributed by atoms with Crippen molar-refractivity contribution in [1.29, 1.82) is 0 Å². The molecule has 1 N–H and O–H groups in total. The maximum atomic E-state index is 10.5. The van der Waals surface area contributed by atoms with E-state index in [4.69, 9.17) is 0 Å². The van der Waals surface area contributed by atoms with Crippen LogP contribution in [-0.4, -0.2) is 24.3 Å². The van der Waals surface area contributed by atoms with Crippen molar-refractivity contribution in [3.63, 3.8) is 0 Å². The number of hydrogen-bond donors (Lipinski definition) is 3. The van der Waals surface area contributed by atoms with E-state index < -0.39 is 0 Å². The summed E-state index contributed by atoms with van der Waals surface area (Å²) in [6, 6.07) is 28.1. The molecular formula is C23H27NO2S2. The lowest BCUT2D eigenvalue weighted by atomic mass is 10.2. The quantitative estimate of drug-likeness (QED) is 0.497. The van der Waals surface area contributed by atoms with Gasteiger partial charge in [-0.3, -0.25) is 9.59 Å². The van der Waals surface area contributed by atoms with Crippen LogP contribution in [0.15, 0.2) is 91.0 Å². The molecule has 3 nitrogen and oxygen atoms in total. The average molecular weight is 414 g/mol. The number of benzene rings is 3. The minimum atomic E-state index is -0.185. The van der Waals surface area contributed by atoms with Gasteiger partial charge in [0, 0.05) is 11.1 Å². The van der Waals surface area contributed by atoms with Gasteiger partial charge in [0.15, 0.2) is 0 Å². The van der Waals surface area contributed by atoms with Crippen molar-refractivity contribution in [3.05, 3.63) is 108 Å². The summed E-state index contributed by atoms with van der Waals surface area (Å²) in [5.74, 6) is 0. The van der Waals surface area contributed by atoms with Gasteiger partial charge >= 0.3 is 0 Å². The molecule has 0 unspecified atom stereocenters. The van der Waals surface area contributed by atoms with E-state index in [0.717, 1.165) is 0 Å². The maximum Gasteiger partial charge on any atom is 0.216 e. The van der Waals surface area contributed by atoms with Crippen molar-refractivity contribution >= 4 is 35.5 Å². The zero-order chi connectivity index (χ0) is 21.2. The van der Waals surface area contributed by atoms with Crippen molar-refractivity contribution < 1.29 is 9.59 Å². The summed E-state index contributed by atoms with van der Waals surface area (Å²) in [6.07, 6.45) is 0. The lowest BCUT2D eigenvalue weighted by molar-refractivity contribution is 0.108. The van der Waals surface area contributed by atoms with Crippen LogP contribution in [-0.2, 0) is 0 Å². The standard InChI is InChI=1S/2C7H6OS.C7H8.C2H7N/c2*8-7(9)6-4-2-1-3-5-6;1-7-5-3-2-4-6-7;1-3-2/h2*1-5H,(H,8,9);2-6H,1H3;3H,1-2H3. The summed E-state index contributed by atoms with van der Waals surface area (Å²) >= 11 is 7.30. The minimum absolute atomic E-state index is 0.185. The Kier molecular flexibility index (Phi) is 15.4. The van der Waals surface area contributed by atoms with Crippen LogP contribution < -0.4 is 5.32 Å². The molecule has 0 saturated heterocycles. The van der Waals surface area contributed by atoms with Crippen LogP contribution in [0.5, 0.6) is 0 Å². The first kappa shape index (κ1) is 25.7. The van der Waals surface area contributed by atoms with E-state index in [0.29, 0.717) is 11.1 Å². The SMILES string of the molecule is CNC.Cc1ccccc1.O=C(S)c1ccccc1.O=C(S)c1ccccc1. The summed E-state index contributed by atoms with van der Waals surface area (Å²) in [5, 5.41) is 2.38. The van der Waals surface area contributed by atoms with Gasteiger partial charge in [-0.2, -0.15) is 0 Å². The first-order valence-electron chi connectivity index (χ1n) is 8.59. The van der Waals surface area contributed by atoms with Crippen molar-refractivity contribution in [2.75, 3.05) is 14.1 Å². The van der Waals surface area contributed by atoms with Crippen molar-refractivity contribution in [2.24, 2.45) is 0 Å². The fraction of sp³-hybridized carbons (Fsp3) is 0.130. The molecule has 3 aromatic rings. The van der Waals surface area contributed by atoms with E-state index in [-0.39, 0.29) is 10.2 Å². The summed E-state index contributed by atoms with van der Waals surface area (Å²) in [7, 11) is 3.75. The number of thiol groups is 2. The highest BCUT2D eigenvalue weighted by Gasteiger charge is 1.94. The van der Waals surface area contributed by atoms with Gasteiger partial charge in [0.1, 0.15) is 0 Å². The Morgan fingerprint density at radius 1 is 0.607 bits per heavy atom. The molecule has 5 heteroatoms. The Morgan fingerprint density at radius 2 is 0.857 bits per heavy atom. The molecule has 0 aliphatic carbocycles. The predicted octanol–water partition coefficient (Wildman–Crippen LogP) is 5.34. The second-order valence-corrected chi connectivity index (χ2v) is 6.31. The highest BCUT2D eigenvalue weighted by atomic mass is 32.1. The number of aryl methyl sites for hydroxylation is 1. The van der Waals surface area contributed by atoms with E-state index in [1.54, 1.807) is 24.3 Å². The zero-order valence-corrected chi connectivity index (χ0v) is 18.2. The molecule has 3 aromatic carbocycles. The van der Waals surface area contributed by atoms with Gasteiger partial charge in [-0.25, -0.2) is 0 Å². The first-order valence-corrected chi connectivity index (χ1v) is 9.48. The summed E-state index contributed by atoms with van der Waals surface area (Å²) in [6.45, 7) is 2.08. The normalized spacial score (nSPS) is 8.61. The monoisotopic (exact) mass is 413 g/mol. The largest absolute Gasteiger partial charge is 0.323 e. The van der Waals surface area contributed by atoms with E-state index >= 15 is 0 Å². The number of carbonyl (C=O) groups excluding carboxylic acids is 2. The van der Waals surface area contributed by atoms with Crippen LogP contribution in [0.1, 0.15) is 26.3 Å². The molecule has 0 saturated carbocycles. The summed E-state index contributed by atoms with van der Waals surface area (Å²) in [5.41, 5.74) is 2.60. The number of nitrogens with one attached hydrogen (secondary N) is 1. The molecular weight excluding hydrogens is 386 g/mol. The molecule has 0 bridgehead atoms. The minimum Gasteiger partial charge on any atom is -0.323 e. The number of carbonyl (C=O) groups is 2. The summed E-state index contributed by atoms with van der Waals surface area (Å²) < 4.78 is 0. The van der Waals surface area contributed by atoms with Gasteiger partial charge in [-0.1, -0.05) is 96.6 Å². The van der Waals surface area contributed by atoms with Gasteiger partial charge in [-0.05, 0) is 21.0 Å². The Hall–Kier alpha value is -2.34. The second-order valence-electron chi connectivity index (χ2n) is 5.50. The van der Waals surface area contributed by atoms with Crippen LogP contribution in [0.25, 0.3) is 0 Å². The molecule has 0 amide bonds. The molecule has 0 spiro atoms. The molecule has 148 valence electrons. The highest BCUT2D eigenvalue weighted by Crippen LogP contribution is 2.01. The average Bonchev–Trinajstić information content (AvgIpc) is 2.71. The van der Waals surface area contributed by atoms with E-state index in [1.165, 1.54) is 5.56 Å².